The molecule has 0 fully saturated rings. The number of aryl methyl sites for hydroxylation is 1. The predicted octanol–water partition coefficient (Wildman–Crippen LogP) is 4.28. The van der Waals surface area contributed by atoms with Crippen LogP contribution in [-0.2, 0) is 0 Å². The monoisotopic (exact) mass is 368 g/mol. The van der Waals surface area contributed by atoms with E-state index in [4.69, 9.17) is 0 Å². The molecule has 0 aliphatic heterocycles. The second kappa shape index (κ2) is 5.56. The van der Waals surface area contributed by atoms with Gasteiger partial charge in [0.1, 0.15) is 0 Å². The van der Waals surface area contributed by atoms with Gasteiger partial charge in [-0.1, -0.05) is 12.1 Å². The van der Waals surface area contributed by atoms with Crippen LogP contribution in [0.1, 0.15) is 5.56 Å². The quantitative estimate of drug-likeness (QED) is 0.462. The van der Waals surface area contributed by atoms with Crippen LogP contribution in [0.4, 0.5) is 17.1 Å². The summed E-state index contributed by atoms with van der Waals surface area (Å²) in [5.41, 5.74) is 3.31. The van der Waals surface area contributed by atoms with Crippen molar-refractivity contribution in [2.75, 3.05) is 11.9 Å². The molecule has 0 atom stereocenters. The van der Waals surface area contributed by atoms with E-state index in [0.29, 0.717) is 3.57 Å². The molecule has 98 valence electrons. The van der Waals surface area contributed by atoms with Crippen LogP contribution < -0.4 is 4.90 Å². The van der Waals surface area contributed by atoms with Crippen molar-refractivity contribution in [3.8, 4) is 0 Å². The van der Waals surface area contributed by atoms with Gasteiger partial charge in [-0.2, -0.15) is 0 Å². The summed E-state index contributed by atoms with van der Waals surface area (Å²) in [5, 5.41) is 10.8. The first-order chi connectivity index (χ1) is 8.99. The molecule has 4 nitrogen and oxygen atoms in total. The van der Waals surface area contributed by atoms with E-state index >= 15 is 0 Å². The zero-order chi connectivity index (χ0) is 14.0. The summed E-state index contributed by atoms with van der Waals surface area (Å²) in [6, 6.07) is 13.3. The molecular weight excluding hydrogens is 355 g/mol. The van der Waals surface area contributed by atoms with E-state index in [1.54, 1.807) is 12.1 Å². The standard InChI is InChI=1S/C14H13IN2O2/c1-10-4-3-5-11(8-10)16(2)12-6-7-14(17(18)19)13(15)9-12/h3-9H,1-2H3. The zero-order valence-corrected chi connectivity index (χ0v) is 12.8. The van der Waals surface area contributed by atoms with Crippen molar-refractivity contribution in [1.82, 2.24) is 0 Å². The molecule has 0 saturated heterocycles. The van der Waals surface area contributed by atoms with Crippen molar-refractivity contribution in [3.05, 3.63) is 61.7 Å². The van der Waals surface area contributed by atoms with Crippen LogP contribution in [-0.4, -0.2) is 12.0 Å². The highest BCUT2D eigenvalue weighted by atomic mass is 127. The van der Waals surface area contributed by atoms with Gasteiger partial charge in [0, 0.05) is 24.5 Å². The molecule has 0 spiro atoms. The first-order valence-corrected chi connectivity index (χ1v) is 6.81. The summed E-state index contributed by atoms with van der Waals surface area (Å²) >= 11 is 1.99. The smallest absolute Gasteiger partial charge is 0.282 e. The van der Waals surface area contributed by atoms with Gasteiger partial charge in [-0.05, 0) is 59.3 Å². The molecule has 2 aromatic rings. The van der Waals surface area contributed by atoms with E-state index in [-0.39, 0.29) is 10.6 Å². The van der Waals surface area contributed by atoms with E-state index in [9.17, 15) is 10.1 Å². The Kier molecular flexibility index (Phi) is 4.04. The number of nitro groups is 1. The Morgan fingerprint density at radius 2 is 1.84 bits per heavy atom. The first-order valence-electron chi connectivity index (χ1n) is 5.73. The third-order valence-corrected chi connectivity index (χ3v) is 3.77. The minimum Gasteiger partial charge on any atom is -0.345 e. The molecular formula is C14H13IN2O2. The largest absolute Gasteiger partial charge is 0.345 e. The molecule has 0 aliphatic rings. The molecule has 2 rings (SSSR count). The lowest BCUT2D eigenvalue weighted by Crippen LogP contribution is -2.09. The molecule has 0 heterocycles. The highest BCUT2D eigenvalue weighted by Crippen LogP contribution is 2.29. The summed E-state index contributed by atoms with van der Waals surface area (Å²) in [4.78, 5) is 12.5. The van der Waals surface area contributed by atoms with Gasteiger partial charge in [0.2, 0.25) is 0 Å². The lowest BCUT2D eigenvalue weighted by molar-refractivity contribution is -0.385. The van der Waals surface area contributed by atoms with Gasteiger partial charge in [0.25, 0.3) is 5.69 Å². The van der Waals surface area contributed by atoms with E-state index < -0.39 is 0 Å². The summed E-state index contributed by atoms with van der Waals surface area (Å²) in [6.07, 6.45) is 0. The number of nitro benzene ring substituents is 1. The number of hydrogen-bond acceptors (Lipinski definition) is 3. The SMILES string of the molecule is Cc1cccc(N(C)c2ccc([N+](=O)[O-])c(I)c2)c1. The number of halogens is 1. The molecule has 0 aromatic heterocycles. The van der Waals surface area contributed by atoms with Crippen molar-refractivity contribution < 1.29 is 4.92 Å². The molecule has 0 aliphatic carbocycles. The maximum absolute atomic E-state index is 10.8. The van der Waals surface area contributed by atoms with Gasteiger partial charge in [-0.3, -0.25) is 10.1 Å². The molecule has 0 amide bonds. The van der Waals surface area contributed by atoms with Gasteiger partial charge in [0.15, 0.2) is 0 Å². The maximum atomic E-state index is 10.8. The van der Waals surface area contributed by atoms with Crippen molar-refractivity contribution in [3.63, 3.8) is 0 Å². The van der Waals surface area contributed by atoms with Crippen molar-refractivity contribution in [1.29, 1.82) is 0 Å². The van der Waals surface area contributed by atoms with Crippen LogP contribution in [0.15, 0.2) is 42.5 Å². The molecule has 0 N–H and O–H groups in total. The number of nitrogens with zero attached hydrogens (tertiary/aromatic N) is 2. The third kappa shape index (κ3) is 3.04. The lowest BCUT2D eigenvalue weighted by Gasteiger charge is -2.20. The van der Waals surface area contributed by atoms with Crippen LogP contribution in [0.25, 0.3) is 0 Å². The number of hydrogen-bond donors (Lipinski definition) is 0. The number of anilines is 2. The Labute approximate surface area is 125 Å². The maximum Gasteiger partial charge on any atom is 0.282 e. The zero-order valence-electron chi connectivity index (χ0n) is 10.6. The molecule has 5 heteroatoms. The van der Waals surface area contributed by atoms with Crippen LogP contribution in [0.3, 0.4) is 0 Å². The third-order valence-electron chi connectivity index (χ3n) is 2.90. The van der Waals surface area contributed by atoms with E-state index in [0.717, 1.165) is 11.4 Å². The Bertz CT molecular complexity index is 629. The fourth-order valence-corrected chi connectivity index (χ4v) is 2.53. The Morgan fingerprint density at radius 1 is 1.16 bits per heavy atom. The van der Waals surface area contributed by atoms with Gasteiger partial charge >= 0.3 is 0 Å². The van der Waals surface area contributed by atoms with Crippen LogP contribution in [0, 0.1) is 20.6 Å². The minimum atomic E-state index is -0.363. The summed E-state index contributed by atoms with van der Waals surface area (Å²) in [5.74, 6) is 0. The van der Waals surface area contributed by atoms with E-state index in [1.807, 2.05) is 65.7 Å². The van der Waals surface area contributed by atoms with Gasteiger partial charge < -0.3 is 4.90 Å². The van der Waals surface area contributed by atoms with Crippen molar-refractivity contribution in [2.24, 2.45) is 0 Å². The van der Waals surface area contributed by atoms with Crippen molar-refractivity contribution in [2.45, 2.75) is 6.92 Å². The number of rotatable bonds is 3. The van der Waals surface area contributed by atoms with E-state index in [2.05, 4.69) is 6.07 Å². The number of benzene rings is 2. The summed E-state index contributed by atoms with van der Waals surface area (Å²) in [6.45, 7) is 2.04. The fraction of sp³-hybridized carbons (Fsp3) is 0.143. The van der Waals surface area contributed by atoms with Gasteiger partial charge in [0.05, 0.1) is 8.49 Å². The molecule has 19 heavy (non-hydrogen) atoms. The molecule has 0 bridgehead atoms. The second-order valence-corrected chi connectivity index (χ2v) is 5.45. The van der Waals surface area contributed by atoms with Crippen molar-refractivity contribution >= 4 is 39.7 Å². The first kappa shape index (κ1) is 13.8. The lowest BCUT2D eigenvalue weighted by atomic mass is 10.2. The van der Waals surface area contributed by atoms with E-state index in [1.165, 1.54) is 5.56 Å². The van der Waals surface area contributed by atoms with Crippen LogP contribution >= 0.6 is 22.6 Å². The molecule has 2 aromatic carbocycles. The normalized spacial score (nSPS) is 10.3. The van der Waals surface area contributed by atoms with Gasteiger partial charge in [-0.15, -0.1) is 0 Å². The van der Waals surface area contributed by atoms with Crippen LogP contribution in [0.2, 0.25) is 0 Å². The Balaban J connectivity index is 2.37. The van der Waals surface area contributed by atoms with Crippen LogP contribution in [0.5, 0.6) is 0 Å². The topological polar surface area (TPSA) is 46.4 Å². The molecule has 0 unspecified atom stereocenters. The Hall–Kier alpha value is -1.63. The fourth-order valence-electron chi connectivity index (χ4n) is 1.84. The average Bonchev–Trinajstić information content (AvgIpc) is 2.37. The molecule has 0 radical (unpaired) electrons. The summed E-state index contributed by atoms with van der Waals surface area (Å²) < 4.78 is 0.639. The second-order valence-electron chi connectivity index (χ2n) is 4.29. The minimum absolute atomic E-state index is 0.141. The molecule has 0 saturated carbocycles. The average molecular weight is 368 g/mol. The highest BCUT2D eigenvalue weighted by molar-refractivity contribution is 14.1. The van der Waals surface area contributed by atoms with Gasteiger partial charge in [-0.25, -0.2) is 0 Å². The predicted molar refractivity (Wildman–Crippen MR) is 85.1 cm³/mol. The highest BCUT2D eigenvalue weighted by Gasteiger charge is 2.13. The summed E-state index contributed by atoms with van der Waals surface area (Å²) in [7, 11) is 1.95. The Morgan fingerprint density at radius 3 is 2.42 bits per heavy atom.